The molecule has 8 heteroatoms. The Labute approximate surface area is 164 Å². The van der Waals surface area contributed by atoms with Gasteiger partial charge in [0.25, 0.3) is 17.1 Å². The van der Waals surface area contributed by atoms with Crippen molar-refractivity contribution in [2.75, 3.05) is 13.1 Å². The van der Waals surface area contributed by atoms with Crippen LogP contribution in [0.3, 0.4) is 0 Å². The number of thioether (sulfide) groups is 1. The van der Waals surface area contributed by atoms with Crippen molar-refractivity contribution in [1.82, 2.24) is 10.2 Å². The van der Waals surface area contributed by atoms with Crippen LogP contribution in [-0.4, -0.2) is 35.0 Å². The molecule has 0 aromatic heterocycles. The smallest absolute Gasteiger partial charge is 0.293 e. The Balaban J connectivity index is 1.61. The van der Waals surface area contributed by atoms with Crippen LogP contribution < -0.4 is 5.32 Å². The van der Waals surface area contributed by atoms with Gasteiger partial charge < -0.3 is 5.32 Å². The standard InChI is InChI=1S/C20H16F2N2O3S/c1-12-2-5-15(22)11-16(12)18(25)23-8-9-24-19(26)17(28-20(24)27)10-13-3-6-14(21)7-4-13/h2-7,10-11H,8-9H2,1H3,(H,23,25)/b17-10+. The van der Waals surface area contributed by atoms with Gasteiger partial charge >= 0.3 is 0 Å². The van der Waals surface area contributed by atoms with Gasteiger partial charge in [-0.1, -0.05) is 18.2 Å². The molecule has 0 bridgehead atoms. The predicted octanol–water partition coefficient (Wildman–Crippen LogP) is 3.74. The predicted molar refractivity (Wildman–Crippen MR) is 103 cm³/mol. The second kappa shape index (κ2) is 8.35. The number of halogens is 2. The van der Waals surface area contributed by atoms with Gasteiger partial charge in [0, 0.05) is 18.7 Å². The number of hydrogen-bond donors (Lipinski definition) is 1. The summed E-state index contributed by atoms with van der Waals surface area (Å²) in [5.41, 5.74) is 1.42. The van der Waals surface area contributed by atoms with E-state index in [2.05, 4.69) is 5.32 Å². The molecule has 0 spiro atoms. The first-order valence-corrected chi connectivity index (χ1v) is 9.22. The lowest BCUT2D eigenvalue weighted by molar-refractivity contribution is -0.122. The molecule has 1 aliphatic rings. The minimum atomic E-state index is -0.521. The summed E-state index contributed by atoms with van der Waals surface area (Å²) in [5, 5.41) is 2.13. The van der Waals surface area contributed by atoms with Crippen LogP contribution in [0.25, 0.3) is 6.08 Å². The van der Waals surface area contributed by atoms with Crippen LogP contribution in [0, 0.1) is 18.6 Å². The van der Waals surface area contributed by atoms with Crippen molar-refractivity contribution in [2.24, 2.45) is 0 Å². The number of nitrogens with one attached hydrogen (secondary N) is 1. The molecular formula is C20H16F2N2O3S. The fraction of sp³-hybridized carbons (Fsp3) is 0.150. The molecule has 0 radical (unpaired) electrons. The summed E-state index contributed by atoms with van der Waals surface area (Å²) >= 11 is 0.783. The number of carbonyl (C=O) groups is 3. The van der Waals surface area contributed by atoms with E-state index in [1.165, 1.54) is 42.5 Å². The van der Waals surface area contributed by atoms with Crippen LogP contribution in [0.1, 0.15) is 21.5 Å². The third kappa shape index (κ3) is 4.45. The van der Waals surface area contributed by atoms with E-state index in [0.29, 0.717) is 11.1 Å². The molecule has 1 fully saturated rings. The van der Waals surface area contributed by atoms with Crippen LogP contribution in [0.15, 0.2) is 47.4 Å². The van der Waals surface area contributed by atoms with Crippen LogP contribution in [-0.2, 0) is 4.79 Å². The molecule has 1 aliphatic heterocycles. The van der Waals surface area contributed by atoms with Gasteiger partial charge in [-0.2, -0.15) is 0 Å². The third-order valence-electron chi connectivity index (χ3n) is 4.11. The highest BCUT2D eigenvalue weighted by atomic mass is 32.2. The molecule has 1 N–H and O–H groups in total. The number of carbonyl (C=O) groups excluding carboxylic acids is 3. The Morgan fingerprint density at radius 2 is 1.79 bits per heavy atom. The van der Waals surface area contributed by atoms with Gasteiger partial charge in [0.2, 0.25) is 0 Å². The van der Waals surface area contributed by atoms with E-state index in [4.69, 9.17) is 0 Å². The highest BCUT2D eigenvalue weighted by molar-refractivity contribution is 8.18. The Morgan fingerprint density at radius 3 is 2.50 bits per heavy atom. The molecule has 3 rings (SSSR count). The van der Waals surface area contributed by atoms with Crippen molar-refractivity contribution < 1.29 is 23.2 Å². The van der Waals surface area contributed by atoms with Gasteiger partial charge in [-0.3, -0.25) is 19.3 Å². The molecule has 1 heterocycles. The SMILES string of the molecule is Cc1ccc(F)cc1C(=O)NCCN1C(=O)S/C(=C/c2ccc(F)cc2)C1=O. The Bertz CT molecular complexity index is 974. The molecule has 5 nitrogen and oxygen atoms in total. The first kappa shape index (κ1) is 19.8. The van der Waals surface area contributed by atoms with Crippen molar-refractivity contribution in [3.05, 3.63) is 75.7 Å². The van der Waals surface area contributed by atoms with E-state index >= 15 is 0 Å². The van der Waals surface area contributed by atoms with Crippen LogP contribution in [0.5, 0.6) is 0 Å². The number of amides is 3. The molecule has 2 aromatic carbocycles. The average molecular weight is 402 g/mol. The molecule has 0 atom stereocenters. The summed E-state index contributed by atoms with van der Waals surface area (Å²) in [6.45, 7) is 1.72. The van der Waals surface area contributed by atoms with Gasteiger partial charge in [-0.05, 0) is 60.2 Å². The fourth-order valence-corrected chi connectivity index (χ4v) is 3.48. The van der Waals surface area contributed by atoms with E-state index in [1.54, 1.807) is 6.92 Å². The molecule has 0 unspecified atom stereocenters. The first-order chi connectivity index (χ1) is 13.3. The van der Waals surface area contributed by atoms with Gasteiger partial charge in [0.05, 0.1) is 4.91 Å². The lowest BCUT2D eigenvalue weighted by atomic mass is 10.1. The maximum Gasteiger partial charge on any atom is 0.293 e. The van der Waals surface area contributed by atoms with Gasteiger partial charge in [0.1, 0.15) is 11.6 Å². The zero-order valence-corrected chi connectivity index (χ0v) is 15.7. The van der Waals surface area contributed by atoms with E-state index in [9.17, 15) is 23.2 Å². The monoisotopic (exact) mass is 402 g/mol. The van der Waals surface area contributed by atoms with Crippen LogP contribution in [0.2, 0.25) is 0 Å². The first-order valence-electron chi connectivity index (χ1n) is 8.40. The normalized spacial score (nSPS) is 15.4. The minimum absolute atomic E-state index is 0.00840. The maximum absolute atomic E-state index is 13.3. The molecule has 28 heavy (non-hydrogen) atoms. The van der Waals surface area contributed by atoms with E-state index in [0.717, 1.165) is 22.7 Å². The quantitative estimate of drug-likeness (QED) is 0.774. The molecule has 0 saturated carbocycles. The van der Waals surface area contributed by atoms with Crippen molar-refractivity contribution in [2.45, 2.75) is 6.92 Å². The number of hydrogen-bond acceptors (Lipinski definition) is 4. The van der Waals surface area contributed by atoms with Crippen molar-refractivity contribution in [3.63, 3.8) is 0 Å². The molecule has 3 amide bonds. The van der Waals surface area contributed by atoms with Crippen molar-refractivity contribution in [3.8, 4) is 0 Å². The molecular weight excluding hydrogens is 386 g/mol. The number of imide groups is 1. The van der Waals surface area contributed by atoms with Gasteiger partial charge in [-0.25, -0.2) is 8.78 Å². The molecule has 1 saturated heterocycles. The second-order valence-corrected chi connectivity index (χ2v) is 7.09. The summed E-state index contributed by atoms with van der Waals surface area (Å²) in [4.78, 5) is 37.9. The lowest BCUT2D eigenvalue weighted by Gasteiger charge is -2.13. The lowest BCUT2D eigenvalue weighted by Crippen LogP contribution is -2.37. The Morgan fingerprint density at radius 1 is 1.11 bits per heavy atom. The largest absolute Gasteiger partial charge is 0.350 e. The van der Waals surface area contributed by atoms with E-state index < -0.39 is 28.7 Å². The summed E-state index contributed by atoms with van der Waals surface area (Å²) in [5.74, 6) is -1.87. The average Bonchev–Trinajstić information content (AvgIpc) is 2.92. The molecule has 0 aliphatic carbocycles. The van der Waals surface area contributed by atoms with Crippen molar-refractivity contribution in [1.29, 1.82) is 0 Å². The maximum atomic E-state index is 13.3. The Hall–Kier alpha value is -3.00. The van der Waals surface area contributed by atoms with Gasteiger partial charge in [0.15, 0.2) is 0 Å². The van der Waals surface area contributed by atoms with E-state index in [-0.39, 0.29) is 23.6 Å². The molecule has 2 aromatic rings. The summed E-state index contributed by atoms with van der Waals surface area (Å²) in [6, 6.07) is 9.44. The molecule has 144 valence electrons. The number of benzene rings is 2. The number of aryl methyl sites for hydroxylation is 1. The number of rotatable bonds is 5. The van der Waals surface area contributed by atoms with Crippen molar-refractivity contribution >= 4 is 34.9 Å². The van der Waals surface area contributed by atoms with Gasteiger partial charge in [-0.15, -0.1) is 0 Å². The highest BCUT2D eigenvalue weighted by Gasteiger charge is 2.34. The minimum Gasteiger partial charge on any atom is -0.350 e. The second-order valence-electron chi connectivity index (χ2n) is 6.10. The highest BCUT2D eigenvalue weighted by Crippen LogP contribution is 2.31. The topological polar surface area (TPSA) is 66.5 Å². The van der Waals surface area contributed by atoms with E-state index in [1.807, 2.05) is 0 Å². The zero-order chi connectivity index (χ0) is 20.3. The Kier molecular flexibility index (Phi) is 5.89. The summed E-state index contributed by atoms with van der Waals surface area (Å²) in [7, 11) is 0. The fourth-order valence-electron chi connectivity index (χ4n) is 2.62. The zero-order valence-electron chi connectivity index (χ0n) is 14.9. The van der Waals surface area contributed by atoms with Crippen LogP contribution in [0.4, 0.5) is 13.6 Å². The number of nitrogens with zero attached hydrogens (tertiary/aromatic N) is 1. The summed E-state index contributed by atoms with van der Waals surface area (Å²) in [6.07, 6.45) is 1.51. The summed E-state index contributed by atoms with van der Waals surface area (Å²) < 4.78 is 26.3. The van der Waals surface area contributed by atoms with Crippen LogP contribution >= 0.6 is 11.8 Å². The third-order valence-corrected chi connectivity index (χ3v) is 5.01.